The molecule has 0 radical (unpaired) electrons. The molecule has 0 aromatic rings. The lowest BCUT2D eigenvalue weighted by Crippen LogP contribution is -2.54. The van der Waals surface area contributed by atoms with Crippen molar-refractivity contribution in [3.8, 4) is 0 Å². The van der Waals surface area contributed by atoms with Gasteiger partial charge in [0.05, 0.1) is 11.6 Å². The predicted octanol–water partition coefficient (Wildman–Crippen LogP) is 0.753. The van der Waals surface area contributed by atoms with Crippen molar-refractivity contribution in [2.45, 2.75) is 57.3 Å². The molecule has 1 saturated carbocycles. The lowest BCUT2D eigenvalue weighted by Gasteiger charge is -2.30. The standard InChI is InChI=1S/C11H22N2O3/c1-10(2,3)16-9(14)13-8-5-4-6-11(8,15)7-12/h8,15H,4-7,12H2,1-3H3,(H,13,14). The molecule has 5 nitrogen and oxygen atoms in total. The maximum absolute atomic E-state index is 11.5. The fraction of sp³-hybridized carbons (Fsp3) is 0.909. The summed E-state index contributed by atoms with van der Waals surface area (Å²) in [7, 11) is 0. The molecule has 1 rings (SSSR count). The summed E-state index contributed by atoms with van der Waals surface area (Å²) < 4.78 is 5.14. The molecule has 0 heterocycles. The van der Waals surface area contributed by atoms with Crippen LogP contribution in [0.5, 0.6) is 0 Å². The smallest absolute Gasteiger partial charge is 0.407 e. The number of amides is 1. The Morgan fingerprint density at radius 1 is 1.62 bits per heavy atom. The summed E-state index contributed by atoms with van der Waals surface area (Å²) in [6.45, 7) is 5.57. The van der Waals surface area contributed by atoms with Crippen LogP contribution in [0.2, 0.25) is 0 Å². The van der Waals surface area contributed by atoms with E-state index in [0.29, 0.717) is 6.42 Å². The van der Waals surface area contributed by atoms with Gasteiger partial charge in [-0.05, 0) is 40.0 Å². The van der Waals surface area contributed by atoms with E-state index in [1.165, 1.54) is 0 Å². The van der Waals surface area contributed by atoms with Crippen LogP contribution in [0.1, 0.15) is 40.0 Å². The number of hydrogen-bond acceptors (Lipinski definition) is 4. The topological polar surface area (TPSA) is 84.6 Å². The number of carbonyl (C=O) groups excluding carboxylic acids is 1. The Morgan fingerprint density at radius 3 is 2.75 bits per heavy atom. The first-order valence-electron chi connectivity index (χ1n) is 5.69. The summed E-state index contributed by atoms with van der Waals surface area (Å²) in [6, 6.07) is -0.299. The maximum Gasteiger partial charge on any atom is 0.407 e. The van der Waals surface area contributed by atoms with Crippen LogP contribution in [0.15, 0.2) is 0 Å². The normalized spacial score (nSPS) is 30.2. The molecule has 1 amide bonds. The van der Waals surface area contributed by atoms with Gasteiger partial charge < -0.3 is 20.9 Å². The van der Waals surface area contributed by atoms with E-state index in [2.05, 4.69) is 5.32 Å². The van der Waals surface area contributed by atoms with Gasteiger partial charge in [-0.15, -0.1) is 0 Å². The van der Waals surface area contributed by atoms with Crippen molar-refractivity contribution in [1.82, 2.24) is 5.32 Å². The van der Waals surface area contributed by atoms with Crippen molar-refractivity contribution >= 4 is 6.09 Å². The first kappa shape index (κ1) is 13.3. The minimum Gasteiger partial charge on any atom is -0.444 e. The molecule has 0 aromatic carbocycles. The largest absolute Gasteiger partial charge is 0.444 e. The maximum atomic E-state index is 11.5. The third-order valence-electron chi connectivity index (χ3n) is 2.80. The summed E-state index contributed by atoms with van der Waals surface area (Å²) in [6.07, 6.45) is 1.75. The molecule has 0 bridgehead atoms. The Kier molecular flexibility index (Phi) is 3.80. The molecule has 1 aliphatic rings. The molecule has 1 aliphatic carbocycles. The van der Waals surface area contributed by atoms with Gasteiger partial charge in [0.15, 0.2) is 0 Å². The Morgan fingerprint density at radius 2 is 2.25 bits per heavy atom. The Bertz CT molecular complexity index is 262. The zero-order valence-corrected chi connectivity index (χ0v) is 10.2. The molecule has 0 aromatic heterocycles. The lowest BCUT2D eigenvalue weighted by atomic mass is 9.98. The first-order valence-corrected chi connectivity index (χ1v) is 5.69. The Balaban J connectivity index is 2.51. The summed E-state index contributed by atoms with van der Waals surface area (Å²) in [5, 5.41) is 12.8. The lowest BCUT2D eigenvalue weighted by molar-refractivity contribution is 0.0136. The molecule has 1 fully saturated rings. The molecule has 94 valence electrons. The van der Waals surface area contributed by atoms with Crippen LogP contribution in [0.3, 0.4) is 0 Å². The van der Waals surface area contributed by atoms with E-state index in [1.54, 1.807) is 20.8 Å². The second-order valence-corrected chi connectivity index (χ2v) is 5.40. The summed E-state index contributed by atoms with van der Waals surface area (Å²) in [5.74, 6) is 0. The second kappa shape index (κ2) is 4.59. The molecule has 0 saturated heterocycles. The van der Waals surface area contributed by atoms with Crippen molar-refractivity contribution in [3.63, 3.8) is 0 Å². The van der Waals surface area contributed by atoms with Crippen LogP contribution in [0.4, 0.5) is 4.79 Å². The van der Waals surface area contributed by atoms with Gasteiger partial charge in [-0.1, -0.05) is 0 Å². The number of nitrogens with two attached hydrogens (primary N) is 1. The third kappa shape index (κ3) is 3.35. The molecule has 16 heavy (non-hydrogen) atoms. The van der Waals surface area contributed by atoms with E-state index in [1.807, 2.05) is 0 Å². The summed E-state index contributed by atoms with van der Waals surface area (Å²) in [5.41, 5.74) is 4.02. The number of hydrogen-bond donors (Lipinski definition) is 3. The average Bonchev–Trinajstić information content (AvgIpc) is 2.45. The van der Waals surface area contributed by atoms with Gasteiger partial charge in [0.25, 0.3) is 0 Å². The van der Waals surface area contributed by atoms with Crippen LogP contribution < -0.4 is 11.1 Å². The summed E-state index contributed by atoms with van der Waals surface area (Å²) in [4.78, 5) is 11.5. The quantitative estimate of drug-likeness (QED) is 0.653. The fourth-order valence-electron chi connectivity index (χ4n) is 1.96. The predicted molar refractivity (Wildman–Crippen MR) is 61.0 cm³/mol. The van der Waals surface area contributed by atoms with Gasteiger partial charge in [-0.3, -0.25) is 0 Å². The zero-order chi connectivity index (χ0) is 12.4. The number of alkyl carbamates (subject to hydrolysis) is 1. The van der Waals surface area contributed by atoms with Gasteiger partial charge in [-0.25, -0.2) is 4.79 Å². The molecular weight excluding hydrogens is 208 g/mol. The van der Waals surface area contributed by atoms with Gasteiger partial charge in [0.2, 0.25) is 0 Å². The minimum atomic E-state index is -0.975. The van der Waals surface area contributed by atoms with E-state index in [-0.39, 0.29) is 12.6 Å². The zero-order valence-electron chi connectivity index (χ0n) is 10.2. The highest BCUT2D eigenvalue weighted by Crippen LogP contribution is 2.29. The number of carbonyl (C=O) groups is 1. The Hall–Kier alpha value is -0.810. The van der Waals surface area contributed by atoms with E-state index in [0.717, 1.165) is 12.8 Å². The highest BCUT2D eigenvalue weighted by atomic mass is 16.6. The van der Waals surface area contributed by atoms with Crippen molar-refractivity contribution in [2.75, 3.05) is 6.54 Å². The van der Waals surface area contributed by atoms with Crippen LogP contribution in [0, 0.1) is 0 Å². The molecule has 4 N–H and O–H groups in total. The minimum absolute atomic E-state index is 0.160. The number of rotatable bonds is 2. The first-order chi connectivity index (χ1) is 7.27. The second-order valence-electron chi connectivity index (χ2n) is 5.40. The average molecular weight is 230 g/mol. The van der Waals surface area contributed by atoms with Gasteiger partial charge in [-0.2, -0.15) is 0 Å². The SMILES string of the molecule is CC(C)(C)OC(=O)NC1CCCC1(O)CN. The van der Waals surface area contributed by atoms with Crippen LogP contribution in [-0.4, -0.2) is 35.0 Å². The Labute approximate surface area is 96.3 Å². The molecular formula is C11H22N2O3. The number of nitrogens with one attached hydrogen (secondary N) is 1. The van der Waals surface area contributed by atoms with Gasteiger partial charge in [0, 0.05) is 6.54 Å². The van der Waals surface area contributed by atoms with E-state index >= 15 is 0 Å². The van der Waals surface area contributed by atoms with Crippen molar-refractivity contribution in [3.05, 3.63) is 0 Å². The molecule has 2 unspecified atom stereocenters. The number of aliphatic hydroxyl groups is 1. The monoisotopic (exact) mass is 230 g/mol. The van der Waals surface area contributed by atoms with Crippen molar-refractivity contribution < 1.29 is 14.6 Å². The van der Waals surface area contributed by atoms with Crippen LogP contribution >= 0.6 is 0 Å². The molecule has 0 aliphatic heterocycles. The third-order valence-corrected chi connectivity index (χ3v) is 2.80. The van der Waals surface area contributed by atoms with Crippen molar-refractivity contribution in [1.29, 1.82) is 0 Å². The number of ether oxygens (including phenoxy) is 1. The van der Waals surface area contributed by atoms with Crippen LogP contribution in [0.25, 0.3) is 0 Å². The van der Waals surface area contributed by atoms with Gasteiger partial charge in [0.1, 0.15) is 5.60 Å². The van der Waals surface area contributed by atoms with Crippen LogP contribution in [-0.2, 0) is 4.74 Å². The van der Waals surface area contributed by atoms with E-state index < -0.39 is 17.3 Å². The summed E-state index contributed by atoms with van der Waals surface area (Å²) >= 11 is 0. The fourth-order valence-corrected chi connectivity index (χ4v) is 1.96. The van der Waals surface area contributed by atoms with E-state index in [9.17, 15) is 9.90 Å². The van der Waals surface area contributed by atoms with Crippen molar-refractivity contribution in [2.24, 2.45) is 5.73 Å². The van der Waals surface area contributed by atoms with Gasteiger partial charge >= 0.3 is 6.09 Å². The highest BCUT2D eigenvalue weighted by Gasteiger charge is 2.41. The molecule has 0 spiro atoms. The highest BCUT2D eigenvalue weighted by molar-refractivity contribution is 5.68. The molecule has 2 atom stereocenters. The molecule has 5 heteroatoms. The van der Waals surface area contributed by atoms with E-state index in [4.69, 9.17) is 10.5 Å².